The molecule has 0 fully saturated rings. The van der Waals surface area contributed by atoms with Crippen LogP contribution in [0.1, 0.15) is 48.9 Å². The van der Waals surface area contributed by atoms with Crippen molar-refractivity contribution in [3.05, 3.63) is 94.6 Å². The number of hydrogen-bond acceptors (Lipinski definition) is 8. The minimum absolute atomic E-state index is 0.0192. The van der Waals surface area contributed by atoms with Crippen LogP contribution in [0.4, 0.5) is 22.7 Å². The van der Waals surface area contributed by atoms with Crippen LogP contribution >= 0.6 is 11.3 Å². The number of fused-ring (bicyclic) bond motifs is 5. The second kappa shape index (κ2) is 13.8. The van der Waals surface area contributed by atoms with Gasteiger partial charge in [-0.25, -0.2) is 0 Å². The number of ether oxygens (including phenoxy) is 2. The average molecular weight is 693 g/mol. The standard InChI is InChI=1S/C38H40N6O5S/c1-39-37(46)35-17-24-15-25(11-12-34(24)50-35)41-36(45)31-18-26(21-42(31)2)40-13-7-8-14-49-33-20-30-28(19-32(33)48-4)38(47)44-27(22-43(30)3)16-23-9-5-6-10-29(23)44/h5-6,9-12,15,17-21,27,40H,7-8,13-14,16,22H2,1-4H3,(H,39,46)(H,41,45)/t27-/m0/s1. The normalized spacial score (nSPS) is 14.9. The maximum Gasteiger partial charge on any atom is 0.272 e. The summed E-state index contributed by atoms with van der Waals surface area (Å²) in [5.74, 6) is 0.785. The molecule has 0 unspecified atom stereocenters. The van der Waals surface area contributed by atoms with E-state index in [9.17, 15) is 14.4 Å². The van der Waals surface area contributed by atoms with Gasteiger partial charge >= 0.3 is 0 Å². The fraction of sp³-hybridized carbons (Fsp3) is 0.289. The number of amides is 3. The molecule has 0 spiro atoms. The number of carbonyl (C=O) groups excluding carboxylic acids is 3. The Morgan fingerprint density at radius 2 is 1.78 bits per heavy atom. The highest BCUT2D eigenvalue weighted by Crippen LogP contribution is 2.42. The molecule has 2 aliphatic heterocycles. The molecule has 0 saturated carbocycles. The molecular weight excluding hydrogens is 653 g/mol. The molecule has 0 radical (unpaired) electrons. The number of benzene rings is 3. The molecule has 1 atom stereocenters. The molecule has 258 valence electrons. The van der Waals surface area contributed by atoms with Crippen molar-refractivity contribution < 1.29 is 23.9 Å². The monoisotopic (exact) mass is 692 g/mol. The van der Waals surface area contributed by atoms with Crippen LogP contribution in [0.25, 0.3) is 10.1 Å². The van der Waals surface area contributed by atoms with Gasteiger partial charge in [-0.1, -0.05) is 18.2 Å². The number of para-hydroxylation sites is 1. The van der Waals surface area contributed by atoms with E-state index in [1.54, 1.807) is 24.8 Å². The Balaban J connectivity index is 0.923. The number of anilines is 4. The van der Waals surface area contributed by atoms with Crippen LogP contribution in [0, 0.1) is 0 Å². The first-order valence-electron chi connectivity index (χ1n) is 16.7. The van der Waals surface area contributed by atoms with Gasteiger partial charge in [0.25, 0.3) is 17.7 Å². The number of methoxy groups -OCH3 is 1. The Labute approximate surface area is 294 Å². The third-order valence-corrected chi connectivity index (χ3v) is 10.4. The Morgan fingerprint density at radius 1 is 0.940 bits per heavy atom. The zero-order valence-electron chi connectivity index (χ0n) is 28.5. The first-order chi connectivity index (χ1) is 24.2. The number of thiophene rings is 1. The van der Waals surface area contributed by atoms with Crippen LogP contribution in [-0.2, 0) is 13.5 Å². The third kappa shape index (κ3) is 6.34. The molecule has 12 heteroatoms. The summed E-state index contributed by atoms with van der Waals surface area (Å²) in [4.78, 5) is 43.7. The highest BCUT2D eigenvalue weighted by atomic mass is 32.1. The molecule has 3 aromatic carbocycles. The number of rotatable bonds is 11. The number of likely N-dealkylation sites (N-methyl/N-ethyl adjacent to an activating group) is 1. The lowest BCUT2D eigenvalue weighted by molar-refractivity contribution is 0.0963. The van der Waals surface area contributed by atoms with E-state index in [1.165, 1.54) is 16.9 Å². The Bertz CT molecular complexity index is 2100. The van der Waals surface area contributed by atoms with Crippen molar-refractivity contribution in [2.45, 2.75) is 25.3 Å². The summed E-state index contributed by atoms with van der Waals surface area (Å²) >= 11 is 1.41. The number of nitrogens with zero attached hydrogens (tertiary/aromatic N) is 3. The molecule has 11 nitrogen and oxygen atoms in total. The Hall–Kier alpha value is -5.49. The van der Waals surface area contributed by atoms with E-state index >= 15 is 0 Å². The average Bonchev–Trinajstić information content (AvgIpc) is 3.81. The van der Waals surface area contributed by atoms with E-state index in [4.69, 9.17) is 9.47 Å². The number of carbonyl (C=O) groups is 3. The van der Waals surface area contributed by atoms with Crippen molar-refractivity contribution in [3.8, 4) is 11.5 Å². The van der Waals surface area contributed by atoms with Crippen molar-refractivity contribution >= 4 is 61.9 Å². The van der Waals surface area contributed by atoms with Gasteiger partial charge in [0.2, 0.25) is 0 Å². The van der Waals surface area contributed by atoms with Crippen LogP contribution in [0.3, 0.4) is 0 Å². The van der Waals surface area contributed by atoms with Gasteiger partial charge in [0, 0.05) is 62.6 Å². The molecule has 0 bridgehead atoms. The van der Waals surface area contributed by atoms with Crippen LogP contribution < -0.4 is 35.2 Å². The minimum Gasteiger partial charge on any atom is -0.493 e. The third-order valence-electron chi connectivity index (χ3n) is 9.32. The summed E-state index contributed by atoms with van der Waals surface area (Å²) < 4.78 is 14.6. The van der Waals surface area contributed by atoms with Gasteiger partial charge in [0.1, 0.15) is 5.69 Å². The summed E-state index contributed by atoms with van der Waals surface area (Å²) in [5, 5.41) is 9.93. The van der Waals surface area contributed by atoms with Crippen LogP contribution in [0.15, 0.2) is 72.9 Å². The Kier molecular flexibility index (Phi) is 9.11. The number of aromatic nitrogens is 1. The van der Waals surface area contributed by atoms with E-state index in [0.717, 1.165) is 53.0 Å². The predicted molar refractivity (Wildman–Crippen MR) is 199 cm³/mol. The van der Waals surface area contributed by atoms with Crippen LogP contribution in [0.5, 0.6) is 11.5 Å². The van der Waals surface area contributed by atoms with Crippen LogP contribution in [-0.4, -0.2) is 69.2 Å². The highest BCUT2D eigenvalue weighted by Gasteiger charge is 2.39. The number of aryl methyl sites for hydroxylation is 1. The minimum atomic E-state index is -0.220. The van der Waals surface area contributed by atoms with Crippen molar-refractivity contribution in [1.82, 2.24) is 9.88 Å². The lowest BCUT2D eigenvalue weighted by atomic mass is 10.1. The lowest BCUT2D eigenvalue weighted by Crippen LogP contribution is -2.41. The van der Waals surface area contributed by atoms with E-state index in [1.807, 2.05) is 79.8 Å². The van der Waals surface area contributed by atoms with Gasteiger partial charge in [0.15, 0.2) is 11.5 Å². The fourth-order valence-electron chi connectivity index (χ4n) is 6.81. The molecule has 2 aromatic heterocycles. The summed E-state index contributed by atoms with van der Waals surface area (Å²) in [6, 6.07) is 21.2. The second-order valence-electron chi connectivity index (χ2n) is 12.7. The second-order valence-corrected chi connectivity index (χ2v) is 13.8. The first kappa shape index (κ1) is 33.0. The molecule has 5 aromatic rings. The van der Waals surface area contributed by atoms with Crippen LogP contribution in [0.2, 0.25) is 0 Å². The van der Waals surface area contributed by atoms with Crippen molar-refractivity contribution in [2.24, 2.45) is 7.05 Å². The molecule has 7 rings (SSSR count). The number of hydrogen-bond donors (Lipinski definition) is 3. The molecule has 50 heavy (non-hydrogen) atoms. The van der Waals surface area contributed by atoms with Crippen molar-refractivity contribution in [2.75, 3.05) is 61.3 Å². The van der Waals surface area contributed by atoms with Gasteiger partial charge in [0.05, 0.1) is 41.6 Å². The van der Waals surface area contributed by atoms with Gasteiger partial charge in [-0.2, -0.15) is 0 Å². The van der Waals surface area contributed by atoms with Gasteiger partial charge < -0.3 is 39.8 Å². The molecule has 3 N–H and O–H groups in total. The maximum absolute atomic E-state index is 13.8. The summed E-state index contributed by atoms with van der Waals surface area (Å²) in [5.41, 5.74) is 5.67. The van der Waals surface area contributed by atoms with Gasteiger partial charge in [-0.3, -0.25) is 14.4 Å². The topological polar surface area (TPSA) is 117 Å². The molecule has 3 amide bonds. The van der Waals surface area contributed by atoms with E-state index < -0.39 is 0 Å². The smallest absolute Gasteiger partial charge is 0.272 e. The summed E-state index contributed by atoms with van der Waals surface area (Å²) in [6.07, 6.45) is 4.37. The molecule has 0 saturated heterocycles. The number of nitrogens with one attached hydrogen (secondary N) is 3. The lowest BCUT2D eigenvalue weighted by Gasteiger charge is -2.25. The summed E-state index contributed by atoms with van der Waals surface area (Å²) in [6.45, 7) is 1.91. The van der Waals surface area contributed by atoms with Crippen molar-refractivity contribution in [1.29, 1.82) is 0 Å². The largest absolute Gasteiger partial charge is 0.493 e. The maximum atomic E-state index is 13.8. The van der Waals surface area contributed by atoms with E-state index in [-0.39, 0.29) is 23.8 Å². The van der Waals surface area contributed by atoms with Crippen molar-refractivity contribution in [3.63, 3.8) is 0 Å². The zero-order chi connectivity index (χ0) is 34.9. The molecule has 2 aliphatic rings. The fourth-order valence-corrected chi connectivity index (χ4v) is 7.80. The predicted octanol–water partition coefficient (Wildman–Crippen LogP) is 6.15. The first-order valence-corrected chi connectivity index (χ1v) is 17.5. The highest BCUT2D eigenvalue weighted by molar-refractivity contribution is 7.20. The van der Waals surface area contributed by atoms with E-state index in [2.05, 4.69) is 26.9 Å². The Morgan fingerprint density at radius 3 is 2.60 bits per heavy atom. The number of unbranched alkanes of at least 4 members (excludes halogenated alkanes) is 1. The summed E-state index contributed by atoms with van der Waals surface area (Å²) in [7, 11) is 7.07. The molecular formula is C38H40N6O5S. The quantitative estimate of drug-likeness (QED) is 0.142. The van der Waals surface area contributed by atoms with Gasteiger partial charge in [-0.05, 0) is 72.7 Å². The van der Waals surface area contributed by atoms with Gasteiger partial charge in [-0.15, -0.1) is 11.3 Å². The zero-order valence-corrected chi connectivity index (χ0v) is 29.4. The van der Waals surface area contributed by atoms with E-state index in [0.29, 0.717) is 46.5 Å². The molecule has 0 aliphatic carbocycles. The molecule has 4 heterocycles. The SMILES string of the molecule is CNC(=O)c1cc2cc(NC(=O)c3cc(NCCCCOc4cc5c(cc4OC)C(=O)N4c6ccccc6C[C@H]4CN5C)cn3C)ccc2s1.